The molecule has 0 aliphatic carbocycles. The summed E-state index contributed by atoms with van der Waals surface area (Å²) in [4.78, 5) is 12.6. The number of benzene rings is 2. The van der Waals surface area contributed by atoms with Gasteiger partial charge in [0.1, 0.15) is 18.1 Å². The molecule has 1 aliphatic heterocycles. The van der Waals surface area contributed by atoms with Gasteiger partial charge in [-0.3, -0.25) is 4.79 Å². The Morgan fingerprint density at radius 2 is 1.84 bits per heavy atom. The maximum absolute atomic E-state index is 12.8. The van der Waals surface area contributed by atoms with Crippen LogP contribution in [-0.4, -0.2) is 52.0 Å². The van der Waals surface area contributed by atoms with E-state index in [1.165, 1.54) is 28.6 Å². The molecule has 2 aromatic rings. The summed E-state index contributed by atoms with van der Waals surface area (Å²) in [7, 11) is -2.05. The van der Waals surface area contributed by atoms with Crippen molar-refractivity contribution in [3.63, 3.8) is 0 Å². The van der Waals surface area contributed by atoms with E-state index in [1.54, 1.807) is 13.2 Å². The maximum Gasteiger partial charge on any atom is 0.243 e. The van der Waals surface area contributed by atoms with E-state index in [1.807, 2.05) is 24.3 Å². The van der Waals surface area contributed by atoms with Gasteiger partial charge in [-0.15, -0.1) is 0 Å². The Bertz CT molecular complexity index is 1040. The second kappa shape index (κ2) is 10.3. The van der Waals surface area contributed by atoms with Gasteiger partial charge in [0, 0.05) is 25.1 Å². The average Bonchev–Trinajstić information content (AvgIpc) is 2.82. The zero-order valence-corrected chi connectivity index (χ0v) is 18.1. The van der Waals surface area contributed by atoms with Gasteiger partial charge in [-0.25, -0.2) is 8.42 Å². The largest absolute Gasteiger partial charge is 0.497 e. The summed E-state index contributed by atoms with van der Waals surface area (Å²) in [6.07, 6.45) is 0.913. The molecule has 164 valence electrons. The summed E-state index contributed by atoms with van der Waals surface area (Å²) < 4.78 is 37.7. The third-order valence-corrected chi connectivity index (χ3v) is 7.07. The predicted molar refractivity (Wildman–Crippen MR) is 114 cm³/mol. The Hall–Kier alpha value is -3.09. The lowest BCUT2D eigenvalue weighted by Crippen LogP contribution is -2.43. The van der Waals surface area contributed by atoms with Crippen LogP contribution in [0.3, 0.4) is 0 Å². The molecule has 1 amide bonds. The van der Waals surface area contributed by atoms with Gasteiger partial charge in [0.2, 0.25) is 15.9 Å². The van der Waals surface area contributed by atoms with E-state index in [-0.39, 0.29) is 29.8 Å². The second-order valence-corrected chi connectivity index (χ2v) is 9.07. The number of hydrogen-bond donors (Lipinski definition) is 1. The van der Waals surface area contributed by atoms with Crippen LogP contribution in [0.4, 0.5) is 0 Å². The third-order valence-electron chi connectivity index (χ3n) is 5.16. The Kier molecular flexibility index (Phi) is 7.50. The van der Waals surface area contributed by atoms with Crippen LogP contribution in [-0.2, 0) is 14.8 Å². The number of piperidine rings is 1. The second-order valence-electron chi connectivity index (χ2n) is 7.13. The van der Waals surface area contributed by atoms with Crippen LogP contribution in [0.1, 0.15) is 18.4 Å². The molecular weight excluding hydrogens is 418 g/mol. The molecule has 1 saturated heterocycles. The SMILES string of the molecule is COc1cccc(OCCNC(=O)C2CCN(S(=O)(=O)c3ccc(C#N)cc3)CC2)c1. The molecule has 1 aliphatic rings. The number of nitrogens with one attached hydrogen (secondary N) is 1. The molecule has 1 N–H and O–H groups in total. The quantitative estimate of drug-likeness (QED) is 0.627. The molecule has 9 heteroatoms. The van der Waals surface area contributed by atoms with Crippen molar-refractivity contribution in [2.75, 3.05) is 33.4 Å². The lowest BCUT2D eigenvalue weighted by atomic mass is 9.97. The molecule has 0 radical (unpaired) electrons. The minimum atomic E-state index is -3.63. The topological polar surface area (TPSA) is 109 Å². The zero-order chi connectivity index (χ0) is 22.3. The van der Waals surface area contributed by atoms with Gasteiger partial charge in [0.05, 0.1) is 30.2 Å². The van der Waals surface area contributed by atoms with E-state index in [4.69, 9.17) is 14.7 Å². The number of amides is 1. The first kappa shape index (κ1) is 22.6. The molecule has 1 fully saturated rings. The minimum absolute atomic E-state index is 0.0929. The average molecular weight is 444 g/mol. The summed E-state index contributed by atoms with van der Waals surface area (Å²) in [6, 6.07) is 15.1. The van der Waals surface area contributed by atoms with Crippen LogP contribution in [0.5, 0.6) is 11.5 Å². The molecule has 0 atom stereocenters. The van der Waals surface area contributed by atoms with Crippen molar-refractivity contribution in [1.29, 1.82) is 5.26 Å². The highest BCUT2D eigenvalue weighted by atomic mass is 32.2. The number of nitrogens with zero attached hydrogens (tertiary/aromatic N) is 2. The molecule has 3 rings (SSSR count). The molecular formula is C22H25N3O5S. The standard InChI is InChI=1S/C22H25N3O5S/c1-29-19-3-2-4-20(15-19)30-14-11-24-22(26)18-9-12-25(13-10-18)31(27,28)21-7-5-17(16-23)6-8-21/h2-8,15,18H,9-14H2,1H3,(H,24,26). The van der Waals surface area contributed by atoms with Crippen molar-refractivity contribution in [3.05, 3.63) is 54.1 Å². The normalized spacial score (nSPS) is 15.1. The van der Waals surface area contributed by atoms with E-state index in [0.717, 1.165) is 0 Å². The number of methoxy groups -OCH3 is 1. The molecule has 0 aromatic heterocycles. The molecule has 2 aromatic carbocycles. The van der Waals surface area contributed by atoms with Crippen LogP contribution in [0.15, 0.2) is 53.4 Å². The van der Waals surface area contributed by atoms with E-state index >= 15 is 0 Å². The number of hydrogen-bond acceptors (Lipinski definition) is 6. The van der Waals surface area contributed by atoms with E-state index in [2.05, 4.69) is 5.32 Å². The zero-order valence-electron chi connectivity index (χ0n) is 17.3. The first-order valence-electron chi connectivity index (χ1n) is 9.99. The summed E-state index contributed by atoms with van der Waals surface area (Å²) in [6.45, 7) is 1.24. The predicted octanol–water partition coefficient (Wildman–Crippen LogP) is 2.16. The Morgan fingerprint density at radius 1 is 1.16 bits per heavy atom. The number of carbonyl (C=O) groups excluding carboxylic acids is 1. The van der Waals surface area contributed by atoms with Gasteiger partial charge in [0.15, 0.2) is 0 Å². The molecule has 31 heavy (non-hydrogen) atoms. The fourth-order valence-corrected chi connectivity index (χ4v) is 4.86. The van der Waals surface area contributed by atoms with E-state index < -0.39 is 10.0 Å². The van der Waals surface area contributed by atoms with Gasteiger partial charge in [0.25, 0.3) is 0 Å². The van der Waals surface area contributed by atoms with Gasteiger partial charge < -0.3 is 14.8 Å². The van der Waals surface area contributed by atoms with Crippen molar-refractivity contribution in [1.82, 2.24) is 9.62 Å². The minimum Gasteiger partial charge on any atom is -0.497 e. The molecule has 0 saturated carbocycles. The first-order chi connectivity index (χ1) is 14.9. The van der Waals surface area contributed by atoms with Crippen molar-refractivity contribution >= 4 is 15.9 Å². The number of nitriles is 1. The van der Waals surface area contributed by atoms with Crippen molar-refractivity contribution in [2.24, 2.45) is 5.92 Å². The van der Waals surface area contributed by atoms with Crippen molar-refractivity contribution < 1.29 is 22.7 Å². The van der Waals surface area contributed by atoms with E-state index in [9.17, 15) is 13.2 Å². The molecule has 8 nitrogen and oxygen atoms in total. The van der Waals surface area contributed by atoms with Crippen LogP contribution >= 0.6 is 0 Å². The highest BCUT2D eigenvalue weighted by Crippen LogP contribution is 2.24. The Morgan fingerprint density at radius 3 is 2.48 bits per heavy atom. The maximum atomic E-state index is 12.8. The van der Waals surface area contributed by atoms with Crippen LogP contribution < -0.4 is 14.8 Å². The summed E-state index contributed by atoms with van der Waals surface area (Å²) in [5, 5.41) is 11.7. The van der Waals surface area contributed by atoms with Crippen molar-refractivity contribution in [2.45, 2.75) is 17.7 Å². The van der Waals surface area contributed by atoms with E-state index in [0.29, 0.717) is 43.1 Å². The molecule has 0 bridgehead atoms. The lowest BCUT2D eigenvalue weighted by molar-refractivity contribution is -0.126. The van der Waals surface area contributed by atoms with Gasteiger partial charge in [-0.1, -0.05) is 6.07 Å². The molecule has 0 spiro atoms. The van der Waals surface area contributed by atoms with Crippen LogP contribution in [0.25, 0.3) is 0 Å². The molecule has 0 unspecified atom stereocenters. The summed E-state index contributed by atoms with van der Waals surface area (Å²) in [5.41, 5.74) is 0.407. The monoisotopic (exact) mass is 443 g/mol. The number of sulfonamides is 1. The van der Waals surface area contributed by atoms with Gasteiger partial charge in [-0.2, -0.15) is 9.57 Å². The fourth-order valence-electron chi connectivity index (χ4n) is 3.39. The van der Waals surface area contributed by atoms with Gasteiger partial charge in [-0.05, 0) is 49.2 Å². The smallest absolute Gasteiger partial charge is 0.243 e. The number of ether oxygens (including phenoxy) is 2. The lowest BCUT2D eigenvalue weighted by Gasteiger charge is -2.30. The highest BCUT2D eigenvalue weighted by Gasteiger charge is 2.31. The van der Waals surface area contributed by atoms with Gasteiger partial charge >= 0.3 is 0 Å². The van der Waals surface area contributed by atoms with Crippen LogP contribution in [0, 0.1) is 17.2 Å². The Balaban J connectivity index is 1.44. The molecule has 1 heterocycles. The number of rotatable bonds is 8. The summed E-state index contributed by atoms with van der Waals surface area (Å²) >= 11 is 0. The first-order valence-corrected chi connectivity index (χ1v) is 11.4. The summed E-state index contributed by atoms with van der Waals surface area (Å²) in [5.74, 6) is 1.04. The Labute approximate surface area is 182 Å². The number of carbonyl (C=O) groups is 1. The van der Waals surface area contributed by atoms with Crippen molar-refractivity contribution in [3.8, 4) is 17.6 Å². The third kappa shape index (κ3) is 5.75. The highest BCUT2D eigenvalue weighted by molar-refractivity contribution is 7.89. The fraction of sp³-hybridized carbons (Fsp3) is 0.364. The van der Waals surface area contributed by atoms with Crippen LogP contribution in [0.2, 0.25) is 0 Å².